The van der Waals surface area contributed by atoms with Crippen LogP contribution in [0.15, 0.2) is 0 Å². The van der Waals surface area contributed by atoms with E-state index in [0.717, 1.165) is 22.7 Å². The number of Topliss-reactive ketones (excluding diaryl/α,β-unsaturated/α-hetero) is 1. The topological polar surface area (TPSA) is 72.2 Å². The first-order valence-electron chi connectivity index (χ1n) is 4.10. The smallest absolute Gasteiger partial charge is 0.217 e. The van der Waals surface area contributed by atoms with Crippen LogP contribution in [0.3, 0.4) is 0 Å². The zero-order chi connectivity index (χ0) is 9.56. The Morgan fingerprint density at radius 1 is 1.58 bits per heavy atom. The lowest BCUT2D eigenvalue weighted by Crippen LogP contribution is -2.38. The lowest BCUT2D eigenvalue weighted by atomic mass is 10.1. The number of amides is 1. The molecule has 3 N–H and O–H groups in total. The van der Waals surface area contributed by atoms with Crippen molar-refractivity contribution >= 4 is 21.9 Å². The third kappa shape index (κ3) is 5.03. The molecule has 0 aromatic carbocycles. The predicted molar refractivity (Wildman–Crippen MR) is 51.0 cm³/mol. The average Bonchev–Trinajstić information content (AvgIpc) is 2.00. The summed E-state index contributed by atoms with van der Waals surface area (Å²) < 4.78 is 0. The maximum absolute atomic E-state index is 11.1. The van der Waals surface area contributed by atoms with Gasteiger partial charge < -0.3 is 11.1 Å². The molecule has 0 aliphatic carbocycles. The molecule has 0 heterocycles. The van der Waals surface area contributed by atoms with Crippen molar-refractivity contribution in [2.75, 3.05) is 6.54 Å². The third-order valence-corrected chi connectivity index (χ3v) is 2.10. The van der Waals surface area contributed by atoms with Crippen molar-refractivity contribution in [3.8, 4) is 0 Å². The van der Waals surface area contributed by atoms with Crippen molar-refractivity contribution in [3.63, 3.8) is 0 Å². The summed E-state index contributed by atoms with van der Waals surface area (Å²) in [5.41, 5.74) is 5.54. The number of carbonyl (C=O) groups is 2. The lowest BCUT2D eigenvalue weighted by molar-refractivity contribution is -0.124. The van der Waals surface area contributed by atoms with Gasteiger partial charge in [-0.25, -0.2) is 0 Å². The molecule has 0 rings (SSSR count). The molecule has 0 bridgehead atoms. The highest BCUT2D eigenvalue weighted by Crippen LogP contribution is 1.92. The number of hydrogen-bond acceptors (Lipinski definition) is 3. The van der Waals surface area contributed by atoms with Gasteiger partial charge in [0.05, 0.1) is 12.6 Å². The van der Waals surface area contributed by atoms with E-state index in [1.807, 2.05) is 0 Å². The van der Waals surface area contributed by atoms with Gasteiger partial charge in [0.25, 0.3) is 0 Å². The Balaban J connectivity index is 3.64. The first-order valence-corrected chi connectivity index (χ1v) is 5.52. The van der Waals surface area contributed by atoms with Crippen molar-refractivity contribution < 1.29 is 9.59 Å². The SMILES string of the molecule is CC(=O)NCC(=O)C(N)CC[SiH3]. The van der Waals surface area contributed by atoms with E-state index < -0.39 is 6.04 Å². The molecule has 0 fully saturated rings. The standard InChI is InChI=1S/C7H16N2O2Si/c1-5(10)9-4-7(11)6(8)2-3-12/h6H,2-4,8H2,1,12H3,(H,9,10). The lowest BCUT2D eigenvalue weighted by Gasteiger charge is -2.08. The van der Waals surface area contributed by atoms with Crippen LogP contribution < -0.4 is 11.1 Å². The summed E-state index contributed by atoms with van der Waals surface area (Å²) in [6.07, 6.45) is 0.741. The highest BCUT2D eigenvalue weighted by atomic mass is 28.1. The second-order valence-electron chi connectivity index (χ2n) is 2.77. The van der Waals surface area contributed by atoms with E-state index in [9.17, 15) is 9.59 Å². The fourth-order valence-electron chi connectivity index (χ4n) is 0.815. The summed E-state index contributed by atoms with van der Waals surface area (Å²) in [6, 6.07) is 0.627. The van der Waals surface area contributed by atoms with Crippen LogP contribution in [0, 0.1) is 0 Å². The zero-order valence-electron chi connectivity index (χ0n) is 7.59. The number of hydrogen-bond donors (Lipinski definition) is 2. The maximum atomic E-state index is 11.1. The Kier molecular flexibility index (Phi) is 5.57. The molecule has 0 aromatic rings. The van der Waals surface area contributed by atoms with Crippen molar-refractivity contribution in [2.45, 2.75) is 25.4 Å². The molecule has 0 saturated carbocycles. The summed E-state index contributed by atoms with van der Waals surface area (Å²) >= 11 is 0. The highest BCUT2D eigenvalue weighted by Gasteiger charge is 2.11. The molecule has 12 heavy (non-hydrogen) atoms. The van der Waals surface area contributed by atoms with Gasteiger partial charge in [0.2, 0.25) is 5.91 Å². The number of carbonyl (C=O) groups excluding carboxylic acids is 2. The summed E-state index contributed by atoms with van der Waals surface area (Å²) in [5, 5.41) is 2.43. The van der Waals surface area contributed by atoms with Gasteiger partial charge in [0, 0.05) is 17.2 Å². The van der Waals surface area contributed by atoms with Gasteiger partial charge in [0.15, 0.2) is 5.78 Å². The molecule has 0 aliphatic rings. The normalized spacial score (nSPS) is 12.5. The van der Waals surface area contributed by atoms with Gasteiger partial charge in [-0.15, -0.1) is 0 Å². The first kappa shape index (κ1) is 11.3. The molecular formula is C7H16N2O2Si. The Hall–Kier alpha value is -0.683. The summed E-state index contributed by atoms with van der Waals surface area (Å²) in [5.74, 6) is -0.275. The van der Waals surface area contributed by atoms with Crippen molar-refractivity contribution in [1.29, 1.82) is 0 Å². The van der Waals surface area contributed by atoms with Crippen molar-refractivity contribution in [2.24, 2.45) is 5.73 Å². The molecule has 1 amide bonds. The quantitative estimate of drug-likeness (QED) is 0.500. The first-order chi connectivity index (χ1) is 5.57. The van der Waals surface area contributed by atoms with E-state index in [1.54, 1.807) is 0 Å². The molecular weight excluding hydrogens is 172 g/mol. The van der Waals surface area contributed by atoms with E-state index >= 15 is 0 Å². The van der Waals surface area contributed by atoms with Crippen molar-refractivity contribution in [1.82, 2.24) is 5.32 Å². The van der Waals surface area contributed by atoms with Gasteiger partial charge in [0.1, 0.15) is 0 Å². The Bertz CT molecular complexity index is 173. The fourth-order valence-corrected chi connectivity index (χ4v) is 1.44. The average molecular weight is 188 g/mol. The Morgan fingerprint density at radius 2 is 2.17 bits per heavy atom. The van der Waals surface area contributed by atoms with E-state index in [2.05, 4.69) is 5.32 Å². The van der Waals surface area contributed by atoms with Gasteiger partial charge in [-0.05, 0) is 6.42 Å². The molecule has 70 valence electrons. The monoisotopic (exact) mass is 188 g/mol. The minimum atomic E-state index is -0.394. The number of rotatable bonds is 5. The van der Waals surface area contributed by atoms with E-state index in [1.165, 1.54) is 6.92 Å². The molecule has 0 aliphatic heterocycles. The minimum absolute atomic E-state index is 0.0675. The Labute approximate surface area is 75.3 Å². The maximum Gasteiger partial charge on any atom is 0.217 e. The predicted octanol–water partition coefficient (Wildman–Crippen LogP) is -1.81. The van der Waals surface area contributed by atoms with Crippen LogP contribution in [-0.2, 0) is 9.59 Å². The zero-order valence-corrected chi connectivity index (χ0v) is 9.59. The van der Waals surface area contributed by atoms with E-state index in [-0.39, 0.29) is 18.2 Å². The highest BCUT2D eigenvalue weighted by molar-refractivity contribution is 6.08. The van der Waals surface area contributed by atoms with Gasteiger partial charge in [-0.2, -0.15) is 0 Å². The molecule has 0 saturated heterocycles. The van der Waals surface area contributed by atoms with Crippen LogP contribution in [0.4, 0.5) is 0 Å². The van der Waals surface area contributed by atoms with Crippen molar-refractivity contribution in [3.05, 3.63) is 0 Å². The molecule has 1 atom stereocenters. The molecule has 0 radical (unpaired) electrons. The van der Waals surface area contributed by atoms with Crippen LogP contribution >= 0.6 is 0 Å². The van der Waals surface area contributed by atoms with E-state index in [4.69, 9.17) is 5.73 Å². The fraction of sp³-hybridized carbons (Fsp3) is 0.714. The number of ketones is 1. The molecule has 0 spiro atoms. The van der Waals surface area contributed by atoms with E-state index in [0.29, 0.717) is 0 Å². The van der Waals surface area contributed by atoms with Gasteiger partial charge >= 0.3 is 0 Å². The van der Waals surface area contributed by atoms with Crippen LogP contribution in [0.5, 0.6) is 0 Å². The van der Waals surface area contributed by atoms with Gasteiger partial charge in [-0.3, -0.25) is 9.59 Å². The van der Waals surface area contributed by atoms with Crippen LogP contribution in [0.2, 0.25) is 6.04 Å². The summed E-state index contributed by atoms with van der Waals surface area (Å²) in [7, 11) is 1.06. The van der Waals surface area contributed by atoms with Crippen LogP contribution in [0.1, 0.15) is 13.3 Å². The summed E-state index contributed by atoms with van der Waals surface area (Å²) in [4.78, 5) is 21.5. The summed E-state index contributed by atoms with van der Waals surface area (Å²) in [6.45, 7) is 1.45. The van der Waals surface area contributed by atoms with Crippen LogP contribution in [-0.4, -0.2) is 34.5 Å². The second kappa shape index (κ2) is 5.90. The molecule has 0 aromatic heterocycles. The largest absolute Gasteiger partial charge is 0.349 e. The molecule has 5 heteroatoms. The Morgan fingerprint density at radius 3 is 2.58 bits per heavy atom. The molecule has 4 nitrogen and oxygen atoms in total. The second-order valence-corrected chi connectivity index (χ2v) is 3.77. The third-order valence-electron chi connectivity index (χ3n) is 1.52. The molecule has 1 unspecified atom stereocenters. The van der Waals surface area contributed by atoms with Gasteiger partial charge in [-0.1, -0.05) is 6.04 Å². The minimum Gasteiger partial charge on any atom is -0.349 e. The number of nitrogens with one attached hydrogen (secondary N) is 1. The van der Waals surface area contributed by atoms with Crippen LogP contribution in [0.25, 0.3) is 0 Å². The number of nitrogens with two attached hydrogens (primary N) is 1.